The third-order valence-corrected chi connectivity index (χ3v) is 13.0. The van der Waals surface area contributed by atoms with Crippen LogP contribution in [0.4, 0.5) is 0 Å². The summed E-state index contributed by atoms with van der Waals surface area (Å²) >= 11 is 0. The fourth-order valence-corrected chi connectivity index (χ4v) is 9.72. The lowest BCUT2D eigenvalue weighted by Crippen LogP contribution is -2.81. The summed E-state index contributed by atoms with van der Waals surface area (Å²) < 4.78 is 24.1. The first-order valence-corrected chi connectivity index (χ1v) is 19.5. The van der Waals surface area contributed by atoms with E-state index in [1.54, 1.807) is 78.9 Å². The quantitative estimate of drug-likeness (QED) is 0.139. The average molecular weight is 810 g/mol. The molecule has 0 aromatic heterocycles. The second-order valence-electron chi connectivity index (χ2n) is 16.6. The van der Waals surface area contributed by atoms with Gasteiger partial charge in [0, 0.05) is 36.3 Å². The Morgan fingerprint density at radius 3 is 2.00 bits per heavy atom. The zero-order valence-corrected chi connectivity index (χ0v) is 33.2. The van der Waals surface area contributed by atoms with Crippen LogP contribution in [0, 0.1) is 16.7 Å². The third-order valence-electron chi connectivity index (χ3n) is 13.0. The number of rotatable bonds is 9. The van der Waals surface area contributed by atoms with E-state index in [4.69, 9.17) is 18.9 Å². The lowest BCUT2D eigenvalue weighted by molar-refractivity contribution is -0.343. The lowest BCUT2D eigenvalue weighted by Gasteiger charge is -2.66. The van der Waals surface area contributed by atoms with Crippen molar-refractivity contribution in [2.75, 3.05) is 6.61 Å². The number of Topliss-reactive ketones (excluding diaryl/α,β-unsaturated/α-hetero) is 2. The van der Waals surface area contributed by atoms with Gasteiger partial charge in [0.25, 0.3) is 5.91 Å². The molecule has 7 rings (SSSR count). The van der Waals surface area contributed by atoms with E-state index in [-0.39, 0.29) is 35.3 Å². The predicted octanol–water partition coefficient (Wildman–Crippen LogP) is 3.37. The highest BCUT2D eigenvalue weighted by Crippen LogP contribution is 2.63. The molecule has 2 bridgehead atoms. The molecule has 59 heavy (non-hydrogen) atoms. The number of amides is 1. The first kappa shape index (κ1) is 41.6. The molecule has 10 atom stereocenters. The number of hydrogen-bond acceptors (Lipinski definition) is 13. The Kier molecular flexibility index (Phi) is 10.8. The van der Waals surface area contributed by atoms with Gasteiger partial charge in [-0.05, 0) is 49.2 Å². The summed E-state index contributed by atoms with van der Waals surface area (Å²) in [7, 11) is 0. The number of benzene rings is 3. The fraction of sp³-hybridized carbons (Fsp3) is 0.422. The molecule has 4 aliphatic rings. The van der Waals surface area contributed by atoms with Crippen LogP contribution >= 0.6 is 0 Å². The Morgan fingerprint density at radius 2 is 1.44 bits per heavy atom. The molecule has 1 saturated heterocycles. The van der Waals surface area contributed by atoms with Gasteiger partial charge >= 0.3 is 17.9 Å². The van der Waals surface area contributed by atoms with Crippen molar-refractivity contribution in [3.63, 3.8) is 0 Å². The van der Waals surface area contributed by atoms with E-state index >= 15 is 0 Å². The van der Waals surface area contributed by atoms with Gasteiger partial charge in [-0.1, -0.05) is 80.6 Å². The van der Waals surface area contributed by atoms with E-state index in [9.17, 15) is 44.1 Å². The molecule has 3 aromatic carbocycles. The van der Waals surface area contributed by atoms with Gasteiger partial charge in [-0.25, -0.2) is 9.59 Å². The van der Waals surface area contributed by atoms with Crippen LogP contribution in [0.5, 0.6) is 0 Å². The van der Waals surface area contributed by atoms with E-state index in [0.717, 1.165) is 6.92 Å². The molecular formula is C45H47NO13. The summed E-state index contributed by atoms with van der Waals surface area (Å²) in [6.45, 7) is 6.60. The molecule has 0 spiro atoms. The van der Waals surface area contributed by atoms with Crippen LogP contribution in [-0.4, -0.2) is 99.0 Å². The van der Waals surface area contributed by atoms with Crippen LogP contribution in [0.25, 0.3) is 0 Å². The van der Waals surface area contributed by atoms with Gasteiger partial charge in [0.2, 0.25) is 11.6 Å². The fourth-order valence-electron chi connectivity index (χ4n) is 9.72. The maximum atomic E-state index is 14.9. The number of aliphatic hydroxyl groups excluding tert-OH is 2. The van der Waals surface area contributed by atoms with E-state index < -0.39 is 106 Å². The number of nitrogens with one attached hydrogen (secondary N) is 1. The molecule has 14 heteroatoms. The zero-order chi connectivity index (χ0) is 42.7. The maximum absolute atomic E-state index is 14.9. The largest absolute Gasteiger partial charge is 0.456 e. The molecule has 0 radical (unpaired) electrons. The Balaban J connectivity index is 1.35. The normalized spacial score (nSPS) is 31.8. The van der Waals surface area contributed by atoms with Gasteiger partial charge in [0.05, 0.1) is 35.6 Å². The van der Waals surface area contributed by atoms with Crippen molar-refractivity contribution in [2.24, 2.45) is 16.7 Å². The van der Waals surface area contributed by atoms with Crippen molar-refractivity contribution < 1.29 is 63.0 Å². The minimum Gasteiger partial charge on any atom is -0.456 e. The lowest BCUT2D eigenvalue weighted by atomic mass is 9.45. The minimum atomic E-state index is -2.41. The second kappa shape index (κ2) is 15.2. The number of ether oxygens (including phenoxy) is 4. The maximum Gasteiger partial charge on any atom is 0.338 e. The van der Waals surface area contributed by atoms with Crippen LogP contribution < -0.4 is 5.32 Å². The van der Waals surface area contributed by atoms with Gasteiger partial charge in [0.1, 0.15) is 23.9 Å². The van der Waals surface area contributed by atoms with Crippen molar-refractivity contribution in [2.45, 2.75) is 95.2 Å². The molecular weight excluding hydrogens is 762 g/mol. The second-order valence-corrected chi connectivity index (χ2v) is 16.6. The van der Waals surface area contributed by atoms with Gasteiger partial charge in [0.15, 0.2) is 11.7 Å². The molecule has 0 unspecified atom stereocenters. The molecule has 1 amide bonds. The number of esters is 3. The highest BCUT2D eigenvalue weighted by molar-refractivity contribution is 6.46. The number of aliphatic hydroxyl groups is 3. The van der Waals surface area contributed by atoms with Crippen molar-refractivity contribution in [3.05, 3.63) is 119 Å². The standard InChI is InChI=1S/C45H47NO13/c1-24-29(57-41(54)35(50)33(26-15-9-6-10-16-26)46-39(52)27-17-11-7-12-18-27)22-45(55)38(58-40(53)28-19-13-8-14-20-28)36-43(5,37(51)34(49)32(24)42(45,3)4)30(48)21-31-44(36,23-56-31)59-25(2)47/h6-20,29-31,33,35-36,38,48,50,55H,21-23H2,1-5H3,(H,46,52)/t29-,30-,31+,33-,35+,36-,38-,43+,44-,45+/m0/s1. The Morgan fingerprint density at radius 1 is 0.864 bits per heavy atom. The summed E-state index contributed by atoms with van der Waals surface area (Å²) in [6.07, 6.45) is -8.76. The van der Waals surface area contributed by atoms with Crippen molar-refractivity contribution in [1.82, 2.24) is 5.32 Å². The first-order chi connectivity index (χ1) is 27.9. The van der Waals surface area contributed by atoms with Crippen molar-refractivity contribution in [1.29, 1.82) is 0 Å². The Hall–Kier alpha value is -5.54. The van der Waals surface area contributed by atoms with Crippen LogP contribution in [0.1, 0.15) is 79.8 Å². The third kappa shape index (κ3) is 6.68. The topological polar surface area (TPSA) is 212 Å². The van der Waals surface area contributed by atoms with Crippen molar-refractivity contribution in [3.8, 4) is 0 Å². The summed E-state index contributed by atoms with van der Waals surface area (Å²) in [5.74, 6) is -7.33. The number of hydrogen-bond donors (Lipinski definition) is 4. The highest BCUT2D eigenvalue weighted by Gasteiger charge is 2.78. The average Bonchev–Trinajstić information content (AvgIpc) is 3.21. The van der Waals surface area contributed by atoms with E-state index in [0.29, 0.717) is 5.56 Å². The molecule has 3 aromatic rings. The Labute approximate surface area is 340 Å². The monoisotopic (exact) mass is 809 g/mol. The van der Waals surface area contributed by atoms with Crippen LogP contribution in [-0.2, 0) is 38.1 Å². The van der Waals surface area contributed by atoms with Crippen molar-refractivity contribution >= 4 is 35.4 Å². The molecule has 3 aliphatic carbocycles. The van der Waals surface area contributed by atoms with Crippen LogP contribution in [0.2, 0.25) is 0 Å². The van der Waals surface area contributed by atoms with E-state index in [1.165, 1.54) is 39.8 Å². The summed E-state index contributed by atoms with van der Waals surface area (Å²) in [5, 5.41) is 39.6. The molecule has 4 N–H and O–H groups in total. The van der Waals surface area contributed by atoms with Crippen LogP contribution in [0.3, 0.4) is 0 Å². The molecule has 3 fully saturated rings. The molecule has 14 nitrogen and oxygen atoms in total. The number of carbonyl (C=O) groups is 6. The van der Waals surface area contributed by atoms with Gasteiger partial charge in [-0.2, -0.15) is 0 Å². The van der Waals surface area contributed by atoms with Gasteiger partial charge < -0.3 is 39.6 Å². The summed E-state index contributed by atoms with van der Waals surface area (Å²) in [4.78, 5) is 84.1. The Bertz CT molecular complexity index is 2210. The predicted molar refractivity (Wildman–Crippen MR) is 207 cm³/mol. The minimum absolute atomic E-state index is 0.0673. The molecule has 1 aliphatic heterocycles. The van der Waals surface area contributed by atoms with Gasteiger partial charge in [-0.3, -0.25) is 19.2 Å². The summed E-state index contributed by atoms with van der Waals surface area (Å²) in [6, 6.07) is 22.9. The van der Waals surface area contributed by atoms with Crippen LogP contribution in [0.15, 0.2) is 102 Å². The SMILES string of the molecule is CC(=O)O[C@@]12CO[C@@H]1C[C@H](O)[C@@]1(C)C(=O)C(=O)C3=C(C)[C@@H](OC(=O)[C@H](O)[C@@H](NC(=O)c4ccccc4)c4ccccc4)C[C@@](O)([C@@H](OC(=O)c4ccccc4)[C@H]21)C3(C)C. The zero-order valence-electron chi connectivity index (χ0n) is 33.2. The first-order valence-electron chi connectivity index (χ1n) is 19.5. The smallest absolute Gasteiger partial charge is 0.338 e. The number of fused-ring (bicyclic) bond motifs is 5. The van der Waals surface area contributed by atoms with E-state index in [1.807, 2.05) is 0 Å². The van der Waals surface area contributed by atoms with Gasteiger partial charge in [-0.15, -0.1) is 0 Å². The number of ketones is 2. The number of carbonyl (C=O) groups excluding carboxylic acids is 6. The molecule has 1 heterocycles. The molecule has 2 saturated carbocycles. The summed E-state index contributed by atoms with van der Waals surface area (Å²) in [5.41, 5.74) is -7.50. The van der Waals surface area contributed by atoms with E-state index in [2.05, 4.69) is 5.32 Å². The molecule has 310 valence electrons. The highest BCUT2D eigenvalue weighted by atomic mass is 16.6.